The van der Waals surface area contributed by atoms with E-state index in [1.807, 2.05) is 0 Å². The lowest BCUT2D eigenvalue weighted by Gasteiger charge is -2.36. The maximum Gasteiger partial charge on any atom is 0.390 e. The molecule has 8 heteroatoms. The van der Waals surface area contributed by atoms with Crippen molar-refractivity contribution in [2.24, 2.45) is 0 Å². The summed E-state index contributed by atoms with van der Waals surface area (Å²) in [5, 5.41) is 12.7. The van der Waals surface area contributed by atoms with E-state index in [1.54, 1.807) is 23.1 Å². The standard InChI is InChI=1S/C14H18F3N3O2/c15-14(16,17)5-8-20-7-4-10(12(21)9-20)19-13(22)11-3-1-2-6-18-11/h1-3,6,10,12,21H,4-5,7-9H2,(H,19,22)/t10-,12-/m1/s1. The maximum atomic E-state index is 12.2. The average molecular weight is 317 g/mol. The summed E-state index contributed by atoms with van der Waals surface area (Å²) < 4.78 is 36.6. The molecule has 1 amide bonds. The molecule has 0 saturated carbocycles. The highest BCUT2D eigenvalue weighted by Gasteiger charge is 2.32. The van der Waals surface area contributed by atoms with Crippen molar-refractivity contribution in [2.75, 3.05) is 19.6 Å². The van der Waals surface area contributed by atoms with Gasteiger partial charge in [0.25, 0.3) is 5.91 Å². The van der Waals surface area contributed by atoms with E-state index in [9.17, 15) is 23.1 Å². The smallest absolute Gasteiger partial charge is 0.390 e. The summed E-state index contributed by atoms with van der Waals surface area (Å²) in [5.41, 5.74) is 0.245. The first-order valence-electron chi connectivity index (χ1n) is 7.04. The Morgan fingerprint density at radius 1 is 1.45 bits per heavy atom. The third-order valence-electron chi connectivity index (χ3n) is 3.59. The molecule has 2 N–H and O–H groups in total. The van der Waals surface area contributed by atoms with Crippen LogP contribution in [0.3, 0.4) is 0 Å². The molecule has 122 valence electrons. The highest BCUT2D eigenvalue weighted by atomic mass is 19.4. The molecule has 0 spiro atoms. The number of pyridine rings is 1. The van der Waals surface area contributed by atoms with E-state index in [0.717, 1.165) is 0 Å². The molecule has 0 unspecified atom stereocenters. The predicted molar refractivity (Wildman–Crippen MR) is 73.2 cm³/mol. The van der Waals surface area contributed by atoms with Crippen LogP contribution in [-0.2, 0) is 0 Å². The van der Waals surface area contributed by atoms with Gasteiger partial charge in [-0.15, -0.1) is 0 Å². The van der Waals surface area contributed by atoms with Crippen molar-refractivity contribution in [1.29, 1.82) is 0 Å². The van der Waals surface area contributed by atoms with Crippen LogP contribution in [-0.4, -0.2) is 58.9 Å². The fourth-order valence-electron chi connectivity index (χ4n) is 2.39. The van der Waals surface area contributed by atoms with Crippen molar-refractivity contribution in [1.82, 2.24) is 15.2 Å². The number of aliphatic hydroxyl groups excluding tert-OH is 1. The molecule has 1 aromatic heterocycles. The first-order valence-corrected chi connectivity index (χ1v) is 7.04. The minimum Gasteiger partial charge on any atom is -0.390 e. The van der Waals surface area contributed by atoms with Crippen LogP contribution in [0.1, 0.15) is 23.3 Å². The van der Waals surface area contributed by atoms with Gasteiger partial charge in [-0.1, -0.05) is 6.07 Å². The van der Waals surface area contributed by atoms with Crippen molar-refractivity contribution in [3.63, 3.8) is 0 Å². The lowest BCUT2D eigenvalue weighted by atomic mass is 10.0. The lowest BCUT2D eigenvalue weighted by Crippen LogP contribution is -2.54. The van der Waals surface area contributed by atoms with Gasteiger partial charge in [-0.25, -0.2) is 0 Å². The number of amides is 1. The molecule has 0 aromatic carbocycles. The number of aromatic nitrogens is 1. The number of hydrogen-bond acceptors (Lipinski definition) is 4. The van der Waals surface area contributed by atoms with E-state index < -0.39 is 30.7 Å². The number of β-amino-alcohol motifs (C(OH)–C–C–N with tert-alkyl or cyclic N) is 1. The summed E-state index contributed by atoms with van der Waals surface area (Å²) in [6.45, 7) is 0.380. The van der Waals surface area contributed by atoms with Crippen LogP contribution in [0.2, 0.25) is 0 Å². The summed E-state index contributed by atoms with van der Waals surface area (Å²) in [4.78, 5) is 17.4. The molecule has 0 bridgehead atoms. The van der Waals surface area contributed by atoms with Crippen LogP contribution < -0.4 is 5.32 Å². The van der Waals surface area contributed by atoms with Crippen molar-refractivity contribution >= 4 is 5.91 Å². The van der Waals surface area contributed by atoms with Gasteiger partial charge >= 0.3 is 6.18 Å². The Morgan fingerprint density at radius 3 is 2.82 bits per heavy atom. The Balaban J connectivity index is 1.82. The molecule has 2 rings (SSSR count). The van der Waals surface area contributed by atoms with Crippen LogP contribution in [0.4, 0.5) is 13.2 Å². The minimum absolute atomic E-state index is 0.114. The van der Waals surface area contributed by atoms with Gasteiger partial charge in [-0.05, 0) is 18.6 Å². The first-order chi connectivity index (χ1) is 10.3. The molecular formula is C14H18F3N3O2. The molecule has 2 atom stereocenters. The van der Waals surface area contributed by atoms with Gasteiger partial charge in [0.2, 0.25) is 0 Å². The van der Waals surface area contributed by atoms with E-state index in [1.165, 1.54) is 6.20 Å². The van der Waals surface area contributed by atoms with E-state index in [2.05, 4.69) is 10.3 Å². The number of hydrogen-bond donors (Lipinski definition) is 2. The fourth-order valence-corrected chi connectivity index (χ4v) is 2.39. The van der Waals surface area contributed by atoms with Gasteiger partial charge in [0.15, 0.2) is 0 Å². The van der Waals surface area contributed by atoms with Gasteiger partial charge in [0, 0.05) is 25.8 Å². The van der Waals surface area contributed by atoms with E-state index in [-0.39, 0.29) is 18.8 Å². The Hall–Kier alpha value is -1.67. The summed E-state index contributed by atoms with van der Waals surface area (Å²) >= 11 is 0. The molecule has 2 heterocycles. The summed E-state index contributed by atoms with van der Waals surface area (Å²) in [6.07, 6.45) is -4.10. The normalized spacial score (nSPS) is 23.3. The number of likely N-dealkylation sites (tertiary alicyclic amines) is 1. The SMILES string of the molecule is O=C(N[C@@H]1CCN(CCC(F)(F)F)C[C@H]1O)c1ccccn1. The van der Waals surface area contributed by atoms with Gasteiger partial charge in [-0.2, -0.15) is 13.2 Å². The van der Waals surface area contributed by atoms with Gasteiger partial charge < -0.3 is 15.3 Å². The van der Waals surface area contributed by atoms with Crippen molar-refractivity contribution < 1.29 is 23.1 Å². The molecular weight excluding hydrogens is 299 g/mol. The highest BCUT2D eigenvalue weighted by molar-refractivity contribution is 5.92. The molecule has 22 heavy (non-hydrogen) atoms. The number of carbonyl (C=O) groups excluding carboxylic acids is 1. The number of aliphatic hydroxyl groups is 1. The number of nitrogens with zero attached hydrogens (tertiary/aromatic N) is 2. The molecule has 1 fully saturated rings. The number of nitrogens with one attached hydrogen (secondary N) is 1. The summed E-state index contributed by atoms with van der Waals surface area (Å²) in [5.74, 6) is -0.395. The zero-order chi connectivity index (χ0) is 16.2. The minimum atomic E-state index is -4.20. The number of alkyl halides is 3. The molecule has 1 aliphatic rings. The van der Waals surface area contributed by atoms with Crippen LogP contribution in [0.25, 0.3) is 0 Å². The summed E-state index contributed by atoms with van der Waals surface area (Å²) in [7, 11) is 0. The molecule has 1 aliphatic heterocycles. The van der Waals surface area contributed by atoms with E-state index in [4.69, 9.17) is 0 Å². The lowest BCUT2D eigenvalue weighted by molar-refractivity contribution is -0.139. The summed E-state index contributed by atoms with van der Waals surface area (Å²) in [6, 6.07) is 4.44. The molecule has 0 aliphatic carbocycles. The monoisotopic (exact) mass is 317 g/mol. The Morgan fingerprint density at radius 2 is 2.23 bits per heavy atom. The second kappa shape index (κ2) is 7.06. The molecule has 1 aromatic rings. The van der Waals surface area contributed by atoms with Gasteiger partial charge in [0.05, 0.1) is 18.6 Å². The third kappa shape index (κ3) is 4.96. The highest BCUT2D eigenvalue weighted by Crippen LogP contribution is 2.21. The Labute approximate surface area is 126 Å². The molecule has 0 radical (unpaired) electrons. The van der Waals surface area contributed by atoms with Crippen LogP contribution in [0, 0.1) is 0 Å². The first kappa shape index (κ1) is 16.7. The van der Waals surface area contributed by atoms with Crippen molar-refractivity contribution in [3.05, 3.63) is 30.1 Å². The number of carbonyl (C=O) groups is 1. The van der Waals surface area contributed by atoms with Gasteiger partial charge in [0.1, 0.15) is 5.69 Å². The van der Waals surface area contributed by atoms with Gasteiger partial charge in [-0.3, -0.25) is 9.78 Å². The predicted octanol–water partition coefficient (Wildman–Crippen LogP) is 1.20. The maximum absolute atomic E-state index is 12.2. The van der Waals surface area contributed by atoms with Crippen molar-refractivity contribution in [3.8, 4) is 0 Å². The zero-order valence-electron chi connectivity index (χ0n) is 11.9. The topological polar surface area (TPSA) is 65.5 Å². The third-order valence-corrected chi connectivity index (χ3v) is 3.59. The van der Waals surface area contributed by atoms with E-state index in [0.29, 0.717) is 13.0 Å². The second-order valence-electron chi connectivity index (χ2n) is 5.32. The molecule has 5 nitrogen and oxygen atoms in total. The second-order valence-corrected chi connectivity index (χ2v) is 5.32. The van der Waals surface area contributed by atoms with Crippen LogP contribution >= 0.6 is 0 Å². The number of rotatable bonds is 4. The Kier molecular flexibility index (Phi) is 5.36. The number of halogens is 3. The van der Waals surface area contributed by atoms with Crippen LogP contribution in [0.5, 0.6) is 0 Å². The molecule has 1 saturated heterocycles. The number of piperidine rings is 1. The largest absolute Gasteiger partial charge is 0.390 e. The Bertz CT molecular complexity index is 496. The van der Waals surface area contributed by atoms with Crippen LogP contribution in [0.15, 0.2) is 24.4 Å². The van der Waals surface area contributed by atoms with E-state index >= 15 is 0 Å². The quantitative estimate of drug-likeness (QED) is 0.876. The van der Waals surface area contributed by atoms with Crippen molar-refractivity contribution in [2.45, 2.75) is 31.2 Å². The zero-order valence-corrected chi connectivity index (χ0v) is 11.9. The average Bonchev–Trinajstić information content (AvgIpc) is 2.47. The fraction of sp³-hybridized carbons (Fsp3) is 0.571.